The second-order valence-electron chi connectivity index (χ2n) is 12.2. The summed E-state index contributed by atoms with van der Waals surface area (Å²) >= 11 is 0. The van der Waals surface area contributed by atoms with Crippen molar-refractivity contribution in [3.8, 4) is 22.7 Å². The number of hydrogen-bond donors (Lipinski definition) is 3. The highest BCUT2D eigenvalue weighted by Crippen LogP contribution is 2.43. The minimum atomic E-state index is -4.89. The van der Waals surface area contributed by atoms with Gasteiger partial charge in [-0.1, -0.05) is 18.2 Å². The van der Waals surface area contributed by atoms with Gasteiger partial charge in [-0.05, 0) is 73.1 Å². The number of nitrogen functional groups attached to an aromatic ring is 1. The van der Waals surface area contributed by atoms with Crippen molar-refractivity contribution < 1.29 is 37.3 Å². The average molecular weight is 666 g/mol. The van der Waals surface area contributed by atoms with Crippen molar-refractivity contribution >= 4 is 23.7 Å². The molecule has 2 aliphatic rings. The number of halogens is 3. The summed E-state index contributed by atoms with van der Waals surface area (Å²) in [6, 6.07) is 13.3. The molecule has 2 atom stereocenters. The van der Waals surface area contributed by atoms with E-state index in [4.69, 9.17) is 15.2 Å². The van der Waals surface area contributed by atoms with Crippen LogP contribution in [0.1, 0.15) is 47.0 Å². The number of carboxylic acid groups (broad SMARTS) is 1. The van der Waals surface area contributed by atoms with Gasteiger partial charge in [-0.2, -0.15) is 28.2 Å². The van der Waals surface area contributed by atoms with Crippen molar-refractivity contribution in [1.82, 2.24) is 25.1 Å². The molecule has 0 bridgehead atoms. The standard InChI is InChI=1S/C33H34F3N7O5/c1-19-9-12-43(41-19)25-8-7-22(20-3-5-21(6-4-20)30(46)47-2)15-23(25)28(33(34,35)36)48-27-16-26(39-31(37)40-27)42-13-10-32(11-14-42)17-24(29(44)45)38-18-32/h3-9,12,15-16,24,28,38H,10-11,13-14,17-18H2,1-2H3,(H,44,45)(H2,37,39,40)/t24?,28-/m1/s1. The van der Waals surface area contributed by atoms with E-state index in [1.165, 1.54) is 42.1 Å². The van der Waals surface area contributed by atoms with Crippen LogP contribution in [-0.2, 0) is 9.53 Å². The number of aryl methyl sites for hydroxylation is 1. The third-order valence-corrected chi connectivity index (χ3v) is 8.97. The SMILES string of the molecule is COC(=O)c1ccc(-c2ccc(-n3ccc(C)n3)c([C@@H](Oc3cc(N4CCC5(CC4)CNC(C(=O)O)C5)nc(N)n3)C(F)(F)F)c2)cc1. The van der Waals surface area contributed by atoms with E-state index in [0.29, 0.717) is 67.1 Å². The summed E-state index contributed by atoms with van der Waals surface area (Å²) < 4.78 is 56.7. The monoisotopic (exact) mass is 665 g/mol. The van der Waals surface area contributed by atoms with Gasteiger partial charge in [0.05, 0.1) is 24.1 Å². The summed E-state index contributed by atoms with van der Waals surface area (Å²) in [5.41, 5.74) is 7.66. The molecule has 2 aromatic carbocycles. The molecular weight excluding hydrogens is 631 g/mol. The van der Waals surface area contributed by atoms with Crippen LogP contribution in [0.5, 0.6) is 5.88 Å². The molecule has 1 spiro atoms. The van der Waals surface area contributed by atoms with Gasteiger partial charge in [0.25, 0.3) is 0 Å². The quantitative estimate of drug-likeness (QED) is 0.224. The van der Waals surface area contributed by atoms with E-state index in [9.17, 15) is 27.9 Å². The highest BCUT2D eigenvalue weighted by atomic mass is 19.4. The van der Waals surface area contributed by atoms with Crippen LogP contribution in [0.25, 0.3) is 16.8 Å². The number of hydrogen-bond acceptors (Lipinski definition) is 10. The number of nitrogens with two attached hydrogens (primary N) is 1. The molecule has 2 aromatic heterocycles. The molecule has 1 unspecified atom stereocenters. The Balaban J connectivity index is 1.32. The van der Waals surface area contributed by atoms with E-state index in [2.05, 4.69) is 20.4 Å². The van der Waals surface area contributed by atoms with Crippen LogP contribution in [0.15, 0.2) is 60.8 Å². The van der Waals surface area contributed by atoms with E-state index in [0.717, 1.165) is 0 Å². The molecule has 6 rings (SSSR count). The second-order valence-corrected chi connectivity index (χ2v) is 12.2. The number of carboxylic acids is 1. The molecule has 12 nitrogen and oxygen atoms in total. The Labute approximate surface area is 273 Å². The van der Waals surface area contributed by atoms with Gasteiger partial charge in [-0.15, -0.1) is 0 Å². The smallest absolute Gasteiger partial charge is 0.429 e. The van der Waals surface area contributed by atoms with Crippen LogP contribution >= 0.6 is 0 Å². The first kappa shape index (κ1) is 32.7. The minimum absolute atomic E-state index is 0.147. The number of aliphatic carboxylic acids is 1. The lowest BCUT2D eigenvalue weighted by molar-refractivity contribution is -0.198. The number of anilines is 2. The van der Waals surface area contributed by atoms with Gasteiger partial charge < -0.3 is 30.5 Å². The van der Waals surface area contributed by atoms with Crippen LogP contribution in [0.4, 0.5) is 24.9 Å². The highest BCUT2D eigenvalue weighted by molar-refractivity contribution is 5.90. The zero-order valence-corrected chi connectivity index (χ0v) is 26.2. The van der Waals surface area contributed by atoms with Crippen LogP contribution in [0.2, 0.25) is 0 Å². The number of rotatable bonds is 8. The fourth-order valence-electron chi connectivity index (χ4n) is 6.38. The molecule has 48 heavy (non-hydrogen) atoms. The summed E-state index contributed by atoms with van der Waals surface area (Å²) in [6.45, 7) is 3.32. The topological polar surface area (TPSA) is 158 Å². The third-order valence-electron chi connectivity index (χ3n) is 8.97. The average Bonchev–Trinajstić information content (AvgIpc) is 3.69. The number of nitrogens with one attached hydrogen (secondary N) is 1. The zero-order chi connectivity index (χ0) is 34.2. The lowest BCUT2D eigenvalue weighted by atomic mass is 9.76. The molecule has 252 valence electrons. The first-order chi connectivity index (χ1) is 22.8. The predicted octanol–water partition coefficient (Wildman–Crippen LogP) is 4.72. The lowest BCUT2D eigenvalue weighted by Gasteiger charge is -2.39. The Kier molecular flexibility index (Phi) is 8.72. The van der Waals surface area contributed by atoms with Gasteiger partial charge in [0, 0.05) is 37.5 Å². The van der Waals surface area contributed by atoms with E-state index in [-0.39, 0.29) is 28.5 Å². The van der Waals surface area contributed by atoms with E-state index in [1.807, 2.05) is 4.90 Å². The number of piperidine rings is 1. The first-order valence-electron chi connectivity index (χ1n) is 15.3. The molecule has 15 heteroatoms. The maximum absolute atomic E-state index is 15.0. The normalized spacial score (nSPS) is 18.1. The van der Waals surface area contributed by atoms with Gasteiger partial charge in [0.2, 0.25) is 17.9 Å². The van der Waals surface area contributed by atoms with Gasteiger partial charge in [-0.3, -0.25) is 4.79 Å². The Hall–Kier alpha value is -5.18. The number of carbonyl (C=O) groups excluding carboxylic acids is 1. The Morgan fingerprint density at radius 2 is 1.77 bits per heavy atom. The fourth-order valence-corrected chi connectivity index (χ4v) is 6.38. The minimum Gasteiger partial charge on any atom is -0.480 e. The third kappa shape index (κ3) is 6.76. The molecule has 4 N–H and O–H groups in total. The van der Waals surface area contributed by atoms with Crippen LogP contribution < -0.4 is 20.7 Å². The number of methoxy groups -OCH3 is 1. The molecule has 0 saturated carbocycles. The number of esters is 1. The molecule has 2 aliphatic heterocycles. The summed E-state index contributed by atoms with van der Waals surface area (Å²) in [4.78, 5) is 33.6. The van der Waals surface area contributed by atoms with E-state index in [1.54, 1.807) is 37.4 Å². The summed E-state index contributed by atoms with van der Waals surface area (Å²) in [5.74, 6) is -1.71. The second kappa shape index (κ2) is 12.8. The van der Waals surface area contributed by atoms with Gasteiger partial charge in [-0.25, -0.2) is 9.48 Å². The van der Waals surface area contributed by atoms with Crippen LogP contribution in [0.3, 0.4) is 0 Å². The number of ether oxygens (including phenoxy) is 2. The van der Waals surface area contributed by atoms with Crippen molar-refractivity contribution in [3.05, 3.63) is 77.6 Å². The molecule has 2 saturated heterocycles. The number of benzene rings is 2. The number of carbonyl (C=O) groups is 2. The van der Waals surface area contributed by atoms with Gasteiger partial charge in [0.15, 0.2) is 0 Å². The van der Waals surface area contributed by atoms with Crippen LogP contribution in [-0.4, -0.2) is 75.8 Å². The maximum atomic E-state index is 15.0. The molecular formula is C33H34F3N7O5. The Morgan fingerprint density at radius 3 is 2.38 bits per heavy atom. The van der Waals surface area contributed by atoms with Crippen molar-refractivity contribution in [3.63, 3.8) is 0 Å². The maximum Gasteiger partial charge on any atom is 0.429 e. The first-order valence-corrected chi connectivity index (χ1v) is 15.3. The van der Waals surface area contributed by atoms with Gasteiger partial charge >= 0.3 is 18.1 Å². The van der Waals surface area contributed by atoms with Crippen LogP contribution in [0, 0.1) is 12.3 Å². The molecule has 4 aromatic rings. The largest absolute Gasteiger partial charge is 0.480 e. The lowest BCUT2D eigenvalue weighted by Crippen LogP contribution is -2.41. The molecule has 4 heterocycles. The summed E-state index contributed by atoms with van der Waals surface area (Å²) in [7, 11) is 1.26. The van der Waals surface area contributed by atoms with Crippen molar-refractivity contribution in [2.75, 3.05) is 37.4 Å². The molecule has 0 radical (unpaired) electrons. The van der Waals surface area contributed by atoms with Crippen molar-refractivity contribution in [2.24, 2.45) is 5.41 Å². The number of alkyl halides is 3. The highest BCUT2D eigenvalue weighted by Gasteiger charge is 2.46. The van der Waals surface area contributed by atoms with E-state index < -0.39 is 30.3 Å². The molecule has 2 fully saturated rings. The molecule has 0 amide bonds. The van der Waals surface area contributed by atoms with Crippen molar-refractivity contribution in [1.29, 1.82) is 0 Å². The predicted molar refractivity (Wildman–Crippen MR) is 169 cm³/mol. The van der Waals surface area contributed by atoms with Gasteiger partial charge in [0.1, 0.15) is 11.9 Å². The Bertz CT molecular complexity index is 1820. The number of aromatic nitrogens is 4. The Morgan fingerprint density at radius 1 is 1.06 bits per heavy atom. The fraction of sp³-hybridized carbons (Fsp3) is 0.364. The van der Waals surface area contributed by atoms with E-state index >= 15 is 0 Å². The van der Waals surface area contributed by atoms with Crippen molar-refractivity contribution in [2.45, 2.75) is 44.5 Å². The number of nitrogens with zero attached hydrogens (tertiary/aromatic N) is 5. The summed E-state index contributed by atoms with van der Waals surface area (Å²) in [5, 5.41) is 16.8. The summed E-state index contributed by atoms with van der Waals surface area (Å²) in [6.07, 6.45) is -3.94. The zero-order valence-electron chi connectivity index (χ0n) is 26.2. The molecule has 0 aliphatic carbocycles.